The molecule has 0 saturated carbocycles. The Kier molecular flexibility index (Phi) is 4.73. The number of amides is 1. The van der Waals surface area contributed by atoms with E-state index in [2.05, 4.69) is 10.4 Å². The Balaban J connectivity index is 2.63. The lowest BCUT2D eigenvalue weighted by atomic mass is 10.3. The predicted octanol–water partition coefficient (Wildman–Crippen LogP) is 4.05. The van der Waals surface area contributed by atoms with E-state index in [4.69, 9.17) is 40.1 Å². The second-order valence-electron chi connectivity index (χ2n) is 4.05. The normalized spacial score (nSPS) is 10.2. The fourth-order valence-corrected chi connectivity index (χ4v) is 2.65. The Hall–Kier alpha value is -1.74. The average molecular weight is 344 g/mol. The van der Waals surface area contributed by atoms with Crippen molar-refractivity contribution in [3.63, 3.8) is 0 Å². The van der Waals surface area contributed by atoms with Gasteiger partial charge in [-0.05, 0) is 12.1 Å². The molecule has 0 radical (unpaired) electrons. The van der Waals surface area contributed by atoms with Gasteiger partial charge in [-0.15, -0.1) is 0 Å². The first kappa shape index (κ1) is 15.6. The van der Waals surface area contributed by atoms with Crippen LogP contribution in [0.1, 0.15) is 18.9 Å². The highest BCUT2D eigenvalue weighted by Gasteiger charge is 2.19. The summed E-state index contributed by atoms with van der Waals surface area (Å²) < 4.78 is 1.31. The maximum absolute atomic E-state index is 11.6. The van der Waals surface area contributed by atoms with Gasteiger partial charge in [-0.3, -0.25) is 4.79 Å². The zero-order valence-electron chi connectivity index (χ0n) is 10.8. The number of nitrogens with one attached hydrogen (secondary N) is 1. The quantitative estimate of drug-likeness (QED) is 0.913. The summed E-state index contributed by atoms with van der Waals surface area (Å²) in [5.74, 6) is -0.0371. The molecular weight excluding hydrogens is 335 g/mol. The third-order valence-corrected chi connectivity index (χ3v) is 3.46. The van der Waals surface area contributed by atoms with Crippen molar-refractivity contribution in [1.82, 2.24) is 9.78 Å². The minimum absolute atomic E-state index is 0.207. The van der Waals surface area contributed by atoms with Crippen molar-refractivity contribution in [2.24, 2.45) is 0 Å². The number of aromatic nitrogens is 2. The lowest BCUT2D eigenvalue weighted by molar-refractivity contribution is -0.115. The molecule has 0 atom stereocenters. The number of hydrogen-bond acceptors (Lipinski definition) is 3. The molecule has 1 aromatic heterocycles. The predicted molar refractivity (Wildman–Crippen MR) is 82.2 cm³/mol. The summed E-state index contributed by atoms with van der Waals surface area (Å²) in [6, 6.07) is 4.96. The molecule has 1 heterocycles. The SMILES string of the molecule is CCC(=O)Nc1c(C#N)cnn1-c1c(Cl)cc(Cl)cc1Cl. The van der Waals surface area contributed by atoms with Gasteiger partial charge in [-0.1, -0.05) is 41.7 Å². The summed E-state index contributed by atoms with van der Waals surface area (Å²) in [4.78, 5) is 11.6. The minimum atomic E-state index is -0.255. The summed E-state index contributed by atoms with van der Waals surface area (Å²) in [6.45, 7) is 1.70. The third kappa shape index (κ3) is 3.13. The van der Waals surface area contributed by atoms with Crippen LogP contribution in [0, 0.1) is 11.3 Å². The van der Waals surface area contributed by atoms with E-state index in [0.717, 1.165) is 0 Å². The van der Waals surface area contributed by atoms with Gasteiger partial charge in [0.25, 0.3) is 0 Å². The van der Waals surface area contributed by atoms with Gasteiger partial charge in [-0.2, -0.15) is 10.4 Å². The Labute approximate surface area is 136 Å². The van der Waals surface area contributed by atoms with Crippen molar-refractivity contribution in [2.45, 2.75) is 13.3 Å². The molecule has 0 spiro atoms. The van der Waals surface area contributed by atoms with E-state index in [9.17, 15) is 4.79 Å². The zero-order valence-corrected chi connectivity index (χ0v) is 13.1. The van der Waals surface area contributed by atoms with Gasteiger partial charge in [0.05, 0.1) is 16.2 Å². The van der Waals surface area contributed by atoms with Crippen LogP contribution < -0.4 is 5.32 Å². The topological polar surface area (TPSA) is 70.7 Å². The molecule has 2 aromatic rings. The fourth-order valence-electron chi connectivity index (χ4n) is 1.68. The maximum Gasteiger partial charge on any atom is 0.225 e. The van der Waals surface area contributed by atoms with E-state index in [1.165, 1.54) is 23.0 Å². The van der Waals surface area contributed by atoms with Gasteiger partial charge in [0.1, 0.15) is 17.3 Å². The van der Waals surface area contributed by atoms with E-state index in [-0.39, 0.29) is 33.8 Å². The van der Waals surface area contributed by atoms with Crippen LogP contribution in [0.2, 0.25) is 15.1 Å². The molecule has 0 saturated heterocycles. The number of benzene rings is 1. The molecule has 0 aliphatic rings. The summed E-state index contributed by atoms with van der Waals surface area (Å²) in [7, 11) is 0. The summed E-state index contributed by atoms with van der Waals surface area (Å²) >= 11 is 18.1. The highest BCUT2D eigenvalue weighted by molar-refractivity contribution is 6.40. The number of hydrogen-bond donors (Lipinski definition) is 1. The Morgan fingerprint density at radius 1 is 1.38 bits per heavy atom. The van der Waals surface area contributed by atoms with Crippen LogP contribution in [0.3, 0.4) is 0 Å². The molecule has 0 aliphatic carbocycles. The average Bonchev–Trinajstić information content (AvgIpc) is 2.80. The van der Waals surface area contributed by atoms with Crippen molar-refractivity contribution in [2.75, 3.05) is 5.32 Å². The largest absolute Gasteiger partial charge is 0.309 e. The van der Waals surface area contributed by atoms with Crippen molar-refractivity contribution in [3.8, 4) is 11.8 Å². The minimum Gasteiger partial charge on any atom is -0.309 e. The number of carbonyl (C=O) groups excluding carboxylic acids is 1. The van der Waals surface area contributed by atoms with Crippen LogP contribution in [0.15, 0.2) is 18.3 Å². The molecule has 0 unspecified atom stereocenters. The van der Waals surface area contributed by atoms with Crippen LogP contribution >= 0.6 is 34.8 Å². The standard InChI is InChI=1S/C13H9Cl3N4O/c1-2-11(21)19-13-7(5-17)6-18-20(13)12-9(15)3-8(14)4-10(12)16/h3-4,6H,2H2,1H3,(H,19,21). The Morgan fingerprint density at radius 2 is 2.00 bits per heavy atom. The van der Waals surface area contributed by atoms with E-state index >= 15 is 0 Å². The summed E-state index contributed by atoms with van der Waals surface area (Å²) in [6.07, 6.45) is 1.59. The van der Waals surface area contributed by atoms with Crippen LogP contribution in [-0.4, -0.2) is 15.7 Å². The molecule has 0 bridgehead atoms. The van der Waals surface area contributed by atoms with Crippen molar-refractivity contribution in [3.05, 3.63) is 39.0 Å². The lowest BCUT2D eigenvalue weighted by Gasteiger charge is -2.12. The highest BCUT2D eigenvalue weighted by atomic mass is 35.5. The molecule has 8 heteroatoms. The number of carbonyl (C=O) groups is 1. The molecule has 1 amide bonds. The van der Waals surface area contributed by atoms with Gasteiger partial charge < -0.3 is 5.32 Å². The smallest absolute Gasteiger partial charge is 0.225 e. The van der Waals surface area contributed by atoms with Gasteiger partial charge in [0, 0.05) is 11.4 Å². The summed E-state index contributed by atoms with van der Waals surface area (Å²) in [5.41, 5.74) is 0.550. The van der Waals surface area contributed by atoms with E-state index in [1.54, 1.807) is 6.92 Å². The van der Waals surface area contributed by atoms with Gasteiger partial charge in [-0.25, -0.2) is 4.68 Å². The second-order valence-corrected chi connectivity index (χ2v) is 5.30. The first-order valence-electron chi connectivity index (χ1n) is 5.90. The van der Waals surface area contributed by atoms with Crippen LogP contribution in [0.5, 0.6) is 0 Å². The second kappa shape index (κ2) is 6.35. The number of anilines is 1. The van der Waals surface area contributed by atoms with Crippen LogP contribution in [0.4, 0.5) is 5.82 Å². The van der Waals surface area contributed by atoms with Gasteiger partial charge in [0.15, 0.2) is 5.82 Å². The molecule has 2 rings (SSSR count). The Morgan fingerprint density at radius 3 is 2.52 bits per heavy atom. The molecule has 21 heavy (non-hydrogen) atoms. The highest BCUT2D eigenvalue weighted by Crippen LogP contribution is 2.34. The van der Waals surface area contributed by atoms with Gasteiger partial charge in [0.2, 0.25) is 5.91 Å². The van der Waals surface area contributed by atoms with Crippen LogP contribution in [0.25, 0.3) is 5.69 Å². The van der Waals surface area contributed by atoms with E-state index in [0.29, 0.717) is 10.7 Å². The fraction of sp³-hybridized carbons (Fsp3) is 0.154. The zero-order chi connectivity index (χ0) is 15.6. The Bertz CT molecular complexity index is 725. The van der Waals surface area contributed by atoms with E-state index in [1.807, 2.05) is 6.07 Å². The third-order valence-electron chi connectivity index (χ3n) is 2.66. The van der Waals surface area contributed by atoms with Crippen molar-refractivity contribution < 1.29 is 4.79 Å². The monoisotopic (exact) mass is 342 g/mol. The van der Waals surface area contributed by atoms with Crippen molar-refractivity contribution >= 4 is 46.5 Å². The van der Waals surface area contributed by atoms with Gasteiger partial charge >= 0.3 is 0 Å². The molecule has 1 N–H and O–H groups in total. The molecular formula is C13H9Cl3N4O. The number of rotatable bonds is 3. The summed E-state index contributed by atoms with van der Waals surface area (Å²) in [5, 5.41) is 16.7. The number of halogens is 3. The number of nitrogens with zero attached hydrogens (tertiary/aromatic N) is 3. The maximum atomic E-state index is 11.6. The first-order valence-corrected chi connectivity index (χ1v) is 7.04. The molecule has 0 aliphatic heterocycles. The molecule has 1 aromatic carbocycles. The van der Waals surface area contributed by atoms with Crippen molar-refractivity contribution in [1.29, 1.82) is 5.26 Å². The van der Waals surface area contributed by atoms with E-state index < -0.39 is 0 Å². The number of nitriles is 1. The molecule has 0 fully saturated rings. The lowest BCUT2D eigenvalue weighted by Crippen LogP contribution is -2.14. The molecule has 108 valence electrons. The first-order chi connectivity index (χ1) is 9.97. The van der Waals surface area contributed by atoms with Crippen LogP contribution in [-0.2, 0) is 4.79 Å². The molecule has 5 nitrogen and oxygen atoms in total.